The van der Waals surface area contributed by atoms with Crippen molar-refractivity contribution in [3.05, 3.63) is 54.4 Å². The molecule has 0 saturated heterocycles. The molecule has 2 heteroatoms. The highest BCUT2D eigenvalue weighted by Crippen LogP contribution is 2.46. The first-order chi connectivity index (χ1) is 8.86. The number of hydrogen-bond donors (Lipinski definition) is 1. The van der Waals surface area contributed by atoms with Gasteiger partial charge in [0.2, 0.25) is 0 Å². The minimum absolute atomic E-state index is 0.189. The smallest absolute Gasteiger partial charge is 0.0349 e. The number of nitrogens with zero attached hydrogens (tertiary/aromatic N) is 1. The summed E-state index contributed by atoms with van der Waals surface area (Å²) in [7, 11) is 0. The van der Waals surface area contributed by atoms with Crippen molar-refractivity contribution in [2.75, 3.05) is 6.54 Å². The van der Waals surface area contributed by atoms with Gasteiger partial charge in [0.05, 0.1) is 0 Å². The van der Waals surface area contributed by atoms with Gasteiger partial charge in [-0.25, -0.2) is 0 Å². The van der Waals surface area contributed by atoms with Gasteiger partial charge >= 0.3 is 0 Å². The fourth-order valence-corrected chi connectivity index (χ4v) is 2.89. The number of rotatable bonds is 3. The molecule has 18 heavy (non-hydrogen) atoms. The van der Waals surface area contributed by atoms with Crippen LogP contribution in [0.3, 0.4) is 0 Å². The fourth-order valence-electron chi connectivity index (χ4n) is 2.89. The van der Waals surface area contributed by atoms with Gasteiger partial charge in [0.1, 0.15) is 0 Å². The summed E-state index contributed by atoms with van der Waals surface area (Å²) in [6, 6.07) is 12.6. The normalized spacial score (nSPS) is 17.2. The lowest BCUT2D eigenvalue weighted by molar-refractivity contribution is 0.253. The third-order valence-electron chi connectivity index (χ3n) is 4.18. The first-order valence-electron chi connectivity index (χ1n) is 6.56. The second kappa shape index (κ2) is 4.54. The van der Waals surface area contributed by atoms with Gasteiger partial charge in [-0.05, 0) is 30.0 Å². The van der Waals surface area contributed by atoms with Crippen LogP contribution < -0.4 is 5.73 Å². The van der Waals surface area contributed by atoms with E-state index >= 15 is 0 Å². The maximum Gasteiger partial charge on any atom is 0.0349 e. The van der Waals surface area contributed by atoms with Crippen molar-refractivity contribution in [1.82, 2.24) is 4.98 Å². The van der Waals surface area contributed by atoms with Crippen LogP contribution in [-0.2, 0) is 5.41 Å². The largest absolute Gasteiger partial charge is 0.330 e. The van der Waals surface area contributed by atoms with E-state index in [0.29, 0.717) is 0 Å². The van der Waals surface area contributed by atoms with Crippen LogP contribution >= 0.6 is 0 Å². The minimum Gasteiger partial charge on any atom is -0.330 e. The van der Waals surface area contributed by atoms with Crippen LogP contribution in [0.2, 0.25) is 0 Å². The number of benzene rings is 1. The molecule has 3 rings (SSSR count). The number of aromatic nitrogens is 1. The second-order valence-corrected chi connectivity index (χ2v) is 5.13. The Morgan fingerprint density at radius 2 is 1.89 bits per heavy atom. The molecule has 2 aromatic rings. The molecule has 0 unspecified atom stereocenters. The maximum atomic E-state index is 6.03. The first kappa shape index (κ1) is 11.4. The molecule has 0 atom stereocenters. The Morgan fingerprint density at radius 1 is 1.11 bits per heavy atom. The lowest BCUT2D eigenvalue weighted by Crippen LogP contribution is -2.41. The molecule has 0 bridgehead atoms. The van der Waals surface area contributed by atoms with Crippen molar-refractivity contribution >= 4 is 0 Å². The molecule has 1 saturated carbocycles. The fraction of sp³-hybridized carbons (Fsp3) is 0.312. The molecule has 1 aliphatic rings. The molecule has 1 aromatic heterocycles. The molecule has 0 amide bonds. The summed E-state index contributed by atoms with van der Waals surface area (Å²) >= 11 is 0. The summed E-state index contributed by atoms with van der Waals surface area (Å²) in [6.07, 6.45) is 7.55. The maximum absolute atomic E-state index is 6.03. The zero-order valence-electron chi connectivity index (χ0n) is 10.5. The van der Waals surface area contributed by atoms with Crippen LogP contribution in [0.4, 0.5) is 0 Å². The predicted octanol–water partition coefficient (Wildman–Crippen LogP) is 3.13. The van der Waals surface area contributed by atoms with Crippen LogP contribution in [0.5, 0.6) is 0 Å². The highest BCUT2D eigenvalue weighted by molar-refractivity contribution is 5.68. The molecule has 0 radical (unpaired) electrons. The summed E-state index contributed by atoms with van der Waals surface area (Å²) in [4.78, 5) is 4.29. The Kier molecular flexibility index (Phi) is 2.88. The summed E-state index contributed by atoms with van der Waals surface area (Å²) in [5.41, 5.74) is 10.1. The zero-order valence-corrected chi connectivity index (χ0v) is 10.5. The van der Waals surface area contributed by atoms with E-state index in [0.717, 1.165) is 6.54 Å². The van der Waals surface area contributed by atoms with Gasteiger partial charge in [-0.15, -0.1) is 0 Å². The van der Waals surface area contributed by atoms with Crippen LogP contribution in [0.25, 0.3) is 11.1 Å². The molecule has 2 nitrogen and oxygen atoms in total. The van der Waals surface area contributed by atoms with Crippen LogP contribution in [0, 0.1) is 0 Å². The van der Waals surface area contributed by atoms with Crippen molar-refractivity contribution in [2.45, 2.75) is 24.7 Å². The molecule has 1 aromatic carbocycles. The van der Waals surface area contributed by atoms with Gasteiger partial charge in [0.25, 0.3) is 0 Å². The van der Waals surface area contributed by atoms with Crippen molar-refractivity contribution in [3.63, 3.8) is 0 Å². The predicted molar refractivity (Wildman–Crippen MR) is 74.3 cm³/mol. The summed E-state index contributed by atoms with van der Waals surface area (Å²) in [5, 5.41) is 0. The first-order valence-corrected chi connectivity index (χ1v) is 6.56. The molecule has 0 aliphatic heterocycles. The van der Waals surface area contributed by atoms with Crippen molar-refractivity contribution < 1.29 is 0 Å². The van der Waals surface area contributed by atoms with E-state index < -0.39 is 0 Å². The number of pyridine rings is 1. The topological polar surface area (TPSA) is 38.9 Å². The van der Waals surface area contributed by atoms with Gasteiger partial charge in [-0.2, -0.15) is 0 Å². The average molecular weight is 238 g/mol. The number of nitrogens with two attached hydrogens (primary N) is 1. The minimum atomic E-state index is 0.189. The van der Waals surface area contributed by atoms with Crippen LogP contribution in [-0.4, -0.2) is 11.5 Å². The molecular weight excluding hydrogens is 220 g/mol. The van der Waals surface area contributed by atoms with Crippen molar-refractivity contribution in [2.24, 2.45) is 5.73 Å². The Morgan fingerprint density at radius 3 is 2.50 bits per heavy atom. The van der Waals surface area contributed by atoms with Crippen LogP contribution in [0.15, 0.2) is 48.8 Å². The van der Waals surface area contributed by atoms with Gasteiger partial charge in [0.15, 0.2) is 0 Å². The van der Waals surface area contributed by atoms with Gasteiger partial charge in [-0.3, -0.25) is 4.98 Å². The Balaban J connectivity index is 2.11. The van der Waals surface area contributed by atoms with Gasteiger partial charge in [0, 0.05) is 29.9 Å². The van der Waals surface area contributed by atoms with Crippen molar-refractivity contribution in [3.8, 4) is 11.1 Å². The summed E-state index contributed by atoms with van der Waals surface area (Å²) in [6.45, 7) is 0.733. The van der Waals surface area contributed by atoms with E-state index in [4.69, 9.17) is 5.73 Å². The molecule has 0 spiro atoms. The van der Waals surface area contributed by atoms with E-state index in [-0.39, 0.29) is 5.41 Å². The van der Waals surface area contributed by atoms with E-state index in [2.05, 4.69) is 35.3 Å². The molecule has 1 fully saturated rings. The SMILES string of the molecule is NCC1(c2ccncc2-c2ccccc2)CCC1. The summed E-state index contributed by atoms with van der Waals surface area (Å²) in [5.74, 6) is 0. The molecular formula is C16H18N2. The van der Waals surface area contributed by atoms with E-state index in [1.807, 2.05) is 18.5 Å². The quantitative estimate of drug-likeness (QED) is 0.892. The van der Waals surface area contributed by atoms with Crippen LogP contribution in [0.1, 0.15) is 24.8 Å². The summed E-state index contributed by atoms with van der Waals surface area (Å²) < 4.78 is 0. The lowest BCUT2D eigenvalue weighted by atomic mass is 9.63. The molecule has 92 valence electrons. The second-order valence-electron chi connectivity index (χ2n) is 5.13. The molecule has 1 heterocycles. The Hall–Kier alpha value is -1.67. The monoisotopic (exact) mass is 238 g/mol. The highest BCUT2D eigenvalue weighted by Gasteiger charge is 2.38. The van der Waals surface area contributed by atoms with Crippen molar-refractivity contribution in [1.29, 1.82) is 0 Å². The Bertz CT molecular complexity index is 524. The molecule has 2 N–H and O–H groups in total. The Labute approximate surface area is 108 Å². The number of hydrogen-bond acceptors (Lipinski definition) is 2. The highest BCUT2D eigenvalue weighted by atomic mass is 14.7. The van der Waals surface area contributed by atoms with Gasteiger partial charge in [-0.1, -0.05) is 36.8 Å². The zero-order chi connectivity index (χ0) is 12.4. The third kappa shape index (κ3) is 1.73. The van der Waals surface area contributed by atoms with E-state index in [1.54, 1.807) is 0 Å². The third-order valence-corrected chi connectivity index (χ3v) is 4.18. The average Bonchev–Trinajstić information content (AvgIpc) is 2.40. The molecule has 1 aliphatic carbocycles. The van der Waals surface area contributed by atoms with Gasteiger partial charge < -0.3 is 5.73 Å². The lowest BCUT2D eigenvalue weighted by Gasteiger charge is -2.42. The standard InChI is InChI=1S/C16H18N2/c17-12-16(8-4-9-16)15-7-10-18-11-14(15)13-5-2-1-3-6-13/h1-3,5-7,10-11H,4,8-9,12,17H2. The van der Waals surface area contributed by atoms with E-state index in [1.165, 1.54) is 36.0 Å². The van der Waals surface area contributed by atoms with E-state index in [9.17, 15) is 0 Å².